The number of benzene rings is 1. The van der Waals surface area contributed by atoms with Crippen LogP contribution in [0.4, 0.5) is 5.13 Å². The van der Waals surface area contributed by atoms with E-state index in [-0.39, 0.29) is 12.4 Å². The Morgan fingerprint density at radius 3 is 2.74 bits per heavy atom. The third kappa shape index (κ3) is 4.67. The number of hydrogen-bond acceptors (Lipinski definition) is 4. The Morgan fingerprint density at radius 1 is 1.48 bits per heavy atom. The Balaban J connectivity index is 0.000000595. The molecule has 1 aromatic carbocycles. The maximum absolute atomic E-state index is 8.36. The van der Waals surface area contributed by atoms with Crippen LogP contribution >= 0.6 is 22.9 Å². The second-order valence-electron chi connectivity index (χ2n) is 5.02. The van der Waals surface area contributed by atoms with Crippen molar-refractivity contribution in [3.05, 3.63) is 45.4 Å². The number of nitrogens with one attached hydrogen (secondary N) is 2. The molecular formula is C15H17ClN4O2S. The van der Waals surface area contributed by atoms with Gasteiger partial charge in [-0.2, -0.15) is 0 Å². The smallest absolute Gasteiger partial charge is 0.290 e. The first kappa shape index (κ1) is 17.2. The van der Waals surface area contributed by atoms with Crippen molar-refractivity contribution in [3.63, 3.8) is 0 Å². The van der Waals surface area contributed by atoms with Gasteiger partial charge < -0.3 is 16.2 Å². The lowest BCUT2D eigenvalue weighted by atomic mass is 9.85. The predicted octanol–water partition coefficient (Wildman–Crippen LogP) is 3.08. The first-order chi connectivity index (χ1) is 11.0. The Kier molecular flexibility index (Phi) is 5.95. The van der Waals surface area contributed by atoms with E-state index in [4.69, 9.17) is 32.6 Å². The number of rotatable bonds is 2. The van der Waals surface area contributed by atoms with Gasteiger partial charge in [-0.25, -0.2) is 4.98 Å². The second kappa shape index (κ2) is 7.94. The molecule has 6 nitrogen and oxygen atoms in total. The first-order valence-corrected chi connectivity index (χ1v) is 8.16. The average Bonchev–Trinajstić information content (AvgIpc) is 2.89. The standard InChI is InChI=1S/C14H15ClN4S.CH2O2/c15-10-4-1-8(2-5-10)9-3-6-11-12(7-9)20-14(18-11)19-13(16)17;2-1-3/h1-2,4-5,9H,3,6-7H2,(H4,16,17,18,19);1H,(H,2,3). The van der Waals surface area contributed by atoms with Crippen LogP contribution in [-0.4, -0.2) is 22.5 Å². The molecule has 1 unspecified atom stereocenters. The SMILES string of the molecule is N=C(N)Nc1nc2c(s1)CC(c1ccc(Cl)cc1)CC2.O=CO. The minimum absolute atomic E-state index is 0.0645. The van der Waals surface area contributed by atoms with Crippen molar-refractivity contribution in [1.29, 1.82) is 5.41 Å². The molecule has 1 heterocycles. The summed E-state index contributed by atoms with van der Waals surface area (Å²) in [6.45, 7) is -0.250. The maximum Gasteiger partial charge on any atom is 0.290 e. The number of fused-ring (bicyclic) bond motifs is 1. The van der Waals surface area contributed by atoms with E-state index >= 15 is 0 Å². The summed E-state index contributed by atoms with van der Waals surface area (Å²) in [5.74, 6) is 0.454. The van der Waals surface area contributed by atoms with Crippen LogP contribution in [0.1, 0.15) is 28.5 Å². The number of carbonyl (C=O) groups is 1. The van der Waals surface area contributed by atoms with E-state index in [2.05, 4.69) is 22.4 Å². The molecule has 0 saturated heterocycles. The van der Waals surface area contributed by atoms with Gasteiger partial charge in [-0.15, -0.1) is 11.3 Å². The highest BCUT2D eigenvalue weighted by Crippen LogP contribution is 2.37. The molecule has 3 rings (SSSR count). The summed E-state index contributed by atoms with van der Waals surface area (Å²) < 4.78 is 0. The number of aromatic nitrogens is 1. The van der Waals surface area contributed by atoms with Crippen molar-refractivity contribution >= 4 is 40.5 Å². The van der Waals surface area contributed by atoms with Gasteiger partial charge in [0.1, 0.15) is 0 Å². The van der Waals surface area contributed by atoms with Crippen molar-refractivity contribution in [2.24, 2.45) is 5.73 Å². The molecule has 0 amide bonds. The molecule has 1 atom stereocenters. The number of carboxylic acid groups (broad SMARTS) is 1. The molecule has 0 bridgehead atoms. The lowest BCUT2D eigenvalue weighted by molar-refractivity contribution is -0.122. The number of nitrogens with two attached hydrogens (primary N) is 1. The summed E-state index contributed by atoms with van der Waals surface area (Å²) in [5, 5.41) is 18.4. The Bertz CT molecular complexity index is 687. The van der Waals surface area contributed by atoms with Crippen LogP contribution in [0.2, 0.25) is 5.02 Å². The average molecular weight is 353 g/mol. The monoisotopic (exact) mass is 352 g/mol. The molecule has 0 fully saturated rings. The maximum atomic E-state index is 8.36. The fourth-order valence-electron chi connectivity index (χ4n) is 2.56. The summed E-state index contributed by atoms with van der Waals surface area (Å²) in [5.41, 5.74) is 7.81. The van der Waals surface area contributed by atoms with Crippen molar-refractivity contribution in [3.8, 4) is 0 Å². The molecule has 23 heavy (non-hydrogen) atoms. The highest BCUT2D eigenvalue weighted by Gasteiger charge is 2.23. The fourth-order valence-corrected chi connectivity index (χ4v) is 3.79. The predicted molar refractivity (Wildman–Crippen MR) is 92.6 cm³/mol. The zero-order chi connectivity index (χ0) is 16.8. The molecule has 5 N–H and O–H groups in total. The zero-order valence-corrected chi connectivity index (χ0v) is 13.8. The Morgan fingerprint density at radius 2 is 2.13 bits per heavy atom. The van der Waals surface area contributed by atoms with Crippen LogP contribution in [-0.2, 0) is 17.6 Å². The molecule has 122 valence electrons. The van der Waals surface area contributed by atoms with E-state index in [0.29, 0.717) is 5.92 Å². The molecule has 0 spiro atoms. The van der Waals surface area contributed by atoms with Gasteiger partial charge in [-0.05, 0) is 42.9 Å². The van der Waals surface area contributed by atoms with Crippen LogP contribution in [0.5, 0.6) is 0 Å². The number of thiazole rings is 1. The minimum Gasteiger partial charge on any atom is -0.483 e. The zero-order valence-electron chi connectivity index (χ0n) is 12.3. The summed E-state index contributed by atoms with van der Waals surface area (Å²) in [6.07, 6.45) is 3.06. The molecule has 1 aliphatic rings. The molecule has 0 aliphatic heterocycles. The van der Waals surface area contributed by atoms with Gasteiger partial charge in [0.05, 0.1) is 5.69 Å². The quantitative estimate of drug-likeness (QED) is 0.377. The lowest BCUT2D eigenvalue weighted by Gasteiger charge is -2.21. The summed E-state index contributed by atoms with van der Waals surface area (Å²) in [6, 6.07) is 8.10. The van der Waals surface area contributed by atoms with E-state index in [1.165, 1.54) is 10.4 Å². The van der Waals surface area contributed by atoms with Gasteiger partial charge in [0.2, 0.25) is 0 Å². The summed E-state index contributed by atoms with van der Waals surface area (Å²) in [4.78, 5) is 14.2. The van der Waals surface area contributed by atoms with Crippen molar-refractivity contribution in [2.75, 3.05) is 5.32 Å². The first-order valence-electron chi connectivity index (χ1n) is 6.96. The molecule has 0 saturated carbocycles. The van der Waals surface area contributed by atoms with Crippen LogP contribution in [0.15, 0.2) is 24.3 Å². The highest BCUT2D eigenvalue weighted by molar-refractivity contribution is 7.15. The van der Waals surface area contributed by atoms with Gasteiger partial charge in [0.25, 0.3) is 6.47 Å². The van der Waals surface area contributed by atoms with Gasteiger partial charge in [-0.3, -0.25) is 10.2 Å². The number of guanidine groups is 1. The molecule has 0 radical (unpaired) electrons. The molecule has 2 aromatic rings. The third-order valence-corrected chi connectivity index (χ3v) is 4.81. The van der Waals surface area contributed by atoms with Crippen LogP contribution in [0.3, 0.4) is 0 Å². The fraction of sp³-hybridized carbons (Fsp3) is 0.267. The summed E-state index contributed by atoms with van der Waals surface area (Å²) in [7, 11) is 0. The number of anilines is 1. The van der Waals surface area contributed by atoms with Gasteiger partial charge >= 0.3 is 0 Å². The second-order valence-corrected chi connectivity index (χ2v) is 6.54. The lowest BCUT2D eigenvalue weighted by Crippen LogP contribution is -2.20. The number of halogens is 1. The van der Waals surface area contributed by atoms with E-state index < -0.39 is 0 Å². The largest absolute Gasteiger partial charge is 0.483 e. The van der Waals surface area contributed by atoms with Crippen molar-refractivity contribution in [2.45, 2.75) is 25.2 Å². The van der Waals surface area contributed by atoms with Gasteiger partial charge in [0, 0.05) is 9.90 Å². The Hall–Kier alpha value is -2.12. The summed E-state index contributed by atoms with van der Waals surface area (Å²) >= 11 is 7.53. The van der Waals surface area contributed by atoms with E-state index in [0.717, 1.165) is 35.1 Å². The number of aryl methyl sites for hydroxylation is 1. The van der Waals surface area contributed by atoms with E-state index in [1.54, 1.807) is 11.3 Å². The topological polar surface area (TPSA) is 112 Å². The van der Waals surface area contributed by atoms with E-state index in [1.807, 2.05) is 12.1 Å². The number of nitrogens with zero attached hydrogens (tertiary/aromatic N) is 1. The molecule has 1 aliphatic carbocycles. The van der Waals surface area contributed by atoms with Gasteiger partial charge in [-0.1, -0.05) is 23.7 Å². The van der Waals surface area contributed by atoms with Crippen molar-refractivity contribution in [1.82, 2.24) is 4.98 Å². The number of hydrogen-bond donors (Lipinski definition) is 4. The van der Waals surface area contributed by atoms with Crippen LogP contribution in [0, 0.1) is 5.41 Å². The molecular weight excluding hydrogens is 336 g/mol. The van der Waals surface area contributed by atoms with Crippen LogP contribution < -0.4 is 11.1 Å². The van der Waals surface area contributed by atoms with Gasteiger partial charge in [0.15, 0.2) is 11.1 Å². The van der Waals surface area contributed by atoms with Crippen LogP contribution in [0.25, 0.3) is 0 Å². The normalized spacial score (nSPS) is 15.8. The third-order valence-electron chi connectivity index (χ3n) is 3.52. The minimum atomic E-state index is -0.250. The Labute approximate surface area is 142 Å². The highest BCUT2D eigenvalue weighted by atomic mass is 35.5. The van der Waals surface area contributed by atoms with Crippen molar-refractivity contribution < 1.29 is 9.90 Å². The molecule has 1 aromatic heterocycles. The van der Waals surface area contributed by atoms with E-state index in [9.17, 15) is 0 Å². The molecule has 8 heteroatoms.